The zero-order chi connectivity index (χ0) is 22.4. The molecule has 5 rings (SSSR count). The number of esters is 1. The van der Waals surface area contributed by atoms with Gasteiger partial charge in [0.15, 0.2) is 11.1 Å². The lowest BCUT2D eigenvalue weighted by atomic mass is 9.78. The summed E-state index contributed by atoms with van der Waals surface area (Å²) in [6.45, 7) is 4.97. The van der Waals surface area contributed by atoms with Crippen molar-refractivity contribution in [2.45, 2.75) is 44.7 Å². The van der Waals surface area contributed by atoms with Crippen LogP contribution in [0, 0.1) is 11.3 Å². The van der Waals surface area contributed by atoms with Crippen molar-refractivity contribution in [3.63, 3.8) is 0 Å². The number of phenols is 1. The number of diazo groups is 1. The van der Waals surface area contributed by atoms with Gasteiger partial charge < -0.3 is 24.8 Å². The fourth-order valence-electron chi connectivity index (χ4n) is 4.72. The number of aromatic hydroxyl groups is 1. The highest BCUT2D eigenvalue weighted by Crippen LogP contribution is 2.60. The molecule has 0 unspecified atom stereocenters. The third-order valence-corrected chi connectivity index (χ3v) is 6.35. The van der Waals surface area contributed by atoms with E-state index in [0.717, 1.165) is 0 Å². The van der Waals surface area contributed by atoms with Crippen LogP contribution in [0.25, 0.3) is 10.7 Å². The smallest absolute Gasteiger partial charge is 0.404 e. The number of rotatable bonds is 2. The zero-order valence-electron chi connectivity index (χ0n) is 16.9. The molecular weight excluding hydrogens is 404 g/mol. The molecule has 1 heterocycles. The molecule has 9 nitrogen and oxygen atoms in total. The Balaban J connectivity index is 1.80. The molecule has 1 aromatic rings. The average molecular weight is 423 g/mol. The second-order valence-corrected chi connectivity index (χ2v) is 8.54. The van der Waals surface area contributed by atoms with Crippen molar-refractivity contribution in [3.8, 4) is 5.75 Å². The quantitative estimate of drug-likeness (QED) is 0.373. The summed E-state index contributed by atoms with van der Waals surface area (Å²) in [5, 5.41) is 42.1. The van der Waals surface area contributed by atoms with Crippen LogP contribution in [0.4, 0.5) is 0 Å². The molecule has 1 aromatic carbocycles. The normalized spacial score (nSPS) is 30.6. The summed E-state index contributed by atoms with van der Waals surface area (Å²) in [7, 11) is 0. The number of nitrogens with zero attached hydrogens (tertiary/aromatic N) is 2. The highest BCUT2D eigenvalue weighted by Gasteiger charge is 2.72. The third-order valence-electron chi connectivity index (χ3n) is 6.35. The molecule has 0 saturated carbocycles. The van der Waals surface area contributed by atoms with Crippen molar-refractivity contribution in [1.29, 1.82) is 5.39 Å². The van der Waals surface area contributed by atoms with Crippen molar-refractivity contribution in [1.82, 2.24) is 0 Å². The van der Waals surface area contributed by atoms with E-state index in [1.807, 2.05) is 0 Å². The predicted octanol–water partition coefficient (Wildman–Crippen LogP) is 2.37. The molecule has 1 aliphatic heterocycles. The molecule has 0 radical (unpaired) electrons. The summed E-state index contributed by atoms with van der Waals surface area (Å²) in [5.74, 6) is -2.37. The Morgan fingerprint density at radius 2 is 1.97 bits per heavy atom. The van der Waals surface area contributed by atoms with Gasteiger partial charge in [0.05, 0.1) is 17.1 Å². The highest BCUT2D eigenvalue weighted by molar-refractivity contribution is 6.22. The van der Waals surface area contributed by atoms with Crippen LogP contribution < -0.4 is 0 Å². The van der Waals surface area contributed by atoms with Crippen LogP contribution in [-0.4, -0.2) is 51.0 Å². The molecule has 1 fully saturated rings. The first kappa shape index (κ1) is 19.5. The second-order valence-electron chi connectivity index (χ2n) is 8.54. The van der Waals surface area contributed by atoms with Gasteiger partial charge >= 0.3 is 11.7 Å². The monoisotopic (exact) mass is 423 g/mol. The predicted molar refractivity (Wildman–Crippen MR) is 105 cm³/mol. The van der Waals surface area contributed by atoms with Gasteiger partial charge in [-0.1, -0.05) is 26.0 Å². The van der Waals surface area contributed by atoms with Crippen LogP contribution in [0.1, 0.15) is 36.7 Å². The molecule has 3 N–H and O–H groups in total. The van der Waals surface area contributed by atoms with Gasteiger partial charge in [-0.3, -0.25) is 9.59 Å². The van der Waals surface area contributed by atoms with Crippen LogP contribution in [0.2, 0.25) is 0 Å². The Kier molecular flexibility index (Phi) is 3.79. The lowest BCUT2D eigenvalue weighted by molar-refractivity contribution is -0.154. The first-order valence-corrected chi connectivity index (χ1v) is 9.84. The maximum atomic E-state index is 13.3. The lowest BCUT2D eigenvalue weighted by Crippen LogP contribution is -2.44. The molecular formula is C22H19N2O7+. The molecule has 1 saturated heterocycles. The van der Waals surface area contributed by atoms with E-state index in [9.17, 15) is 30.3 Å². The maximum absolute atomic E-state index is 13.3. The van der Waals surface area contributed by atoms with Crippen molar-refractivity contribution in [2.75, 3.05) is 0 Å². The number of benzene rings is 1. The highest BCUT2D eigenvalue weighted by atomic mass is 16.7. The molecule has 0 amide bonds. The number of aliphatic hydroxyl groups is 2. The summed E-state index contributed by atoms with van der Waals surface area (Å²) in [4.78, 5) is 29.0. The van der Waals surface area contributed by atoms with Crippen LogP contribution in [0.15, 0.2) is 46.2 Å². The number of allylic oxidation sites excluding steroid dienone is 1. The van der Waals surface area contributed by atoms with Crippen LogP contribution in [0.5, 0.6) is 5.75 Å². The number of ether oxygens (including phenoxy) is 2. The van der Waals surface area contributed by atoms with E-state index in [0.29, 0.717) is 0 Å². The summed E-state index contributed by atoms with van der Waals surface area (Å²) < 4.78 is 11.4. The summed E-state index contributed by atoms with van der Waals surface area (Å²) in [5.41, 5.74) is -1.33. The standard InChI is InChI=1S/C22H18N2O7/c1-7(2)21(29)30-19-14-12(18(28)20-22(19,3)31-20)11-13(15(14)24-23)17(27)10-8(16(11)26)5-4-6-9(10)25/h4-7,18-20,28H,1-3H3,(H-,25,26,27)/p+1/t18-,19+,20-,22-/m1/s1. The van der Waals surface area contributed by atoms with Crippen molar-refractivity contribution >= 4 is 17.5 Å². The Bertz CT molecular complexity index is 1230. The molecule has 4 aliphatic rings. The molecule has 158 valence electrons. The molecule has 31 heavy (non-hydrogen) atoms. The van der Waals surface area contributed by atoms with Gasteiger partial charge in [-0.05, 0) is 13.0 Å². The summed E-state index contributed by atoms with van der Waals surface area (Å²) in [6.07, 6.45) is -3.07. The number of Topliss-reactive ketones (excluding diaryl/α,β-unsaturated/α-hetero) is 1. The Hall–Kier alpha value is -3.48. The van der Waals surface area contributed by atoms with E-state index in [2.05, 4.69) is 4.98 Å². The topological polar surface area (TPSA) is 145 Å². The minimum Gasteiger partial charge on any atom is -0.507 e. The summed E-state index contributed by atoms with van der Waals surface area (Å²) >= 11 is 0. The van der Waals surface area contributed by atoms with Gasteiger partial charge in [-0.15, -0.1) is 0 Å². The van der Waals surface area contributed by atoms with E-state index < -0.39 is 41.6 Å². The number of phenolic OH excluding ortho intramolecular Hbond substituents is 1. The third kappa shape index (κ3) is 2.29. The van der Waals surface area contributed by atoms with E-state index >= 15 is 0 Å². The fraction of sp³-hybridized carbons (Fsp3) is 0.364. The number of carbonyl (C=O) groups is 2. The van der Waals surface area contributed by atoms with E-state index in [-0.39, 0.29) is 50.6 Å². The van der Waals surface area contributed by atoms with Gasteiger partial charge in [0, 0.05) is 16.7 Å². The number of fused-ring (bicyclic) bond motifs is 4. The van der Waals surface area contributed by atoms with Crippen LogP contribution in [0.3, 0.4) is 0 Å². The molecule has 0 spiro atoms. The van der Waals surface area contributed by atoms with Gasteiger partial charge in [0.25, 0.3) is 0 Å². The summed E-state index contributed by atoms with van der Waals surface area (Å²) in [6, 6.07) is 4.24. The largest absolute Gasteiger partial charge is 0.507 e. The van der Waals surface area contributed by atoms with Gasteiger partial charge in [0.1, 0.15) is 34.9 Å². The van der Waals surface area contributed by atoms with E-state index in [4.69, 9.17) is 9.47 Å². The number of aliphatic hydroxyl groups excluding tert-OH is 2. The maximum Gasteiger partial charge on any atom is 0.404 e. The van der Waals surface area contributed by atoms with Gasteiger partial charge in [-0.25, -0.2) is 0 Å². The van der Waals surface area contributed by atoms with Crippen molar-refractivity contribution < 1.29 is 34.4 Å². The number of hydrogen-bond donors (Lipinski definition) is 3. The molecule has 3 aliphatic carbocycles. The number of epoxide rings is 1. The SMILES string of the molecule is CC(C)C(=O)O[C@H]1C2=C(C3=C(O)c4cccc(O)c4C(=O)C3=C2[N+]#N)[C@@H](O)[C@H]2O[C@@]21C. The van der Waals surface area contributed by atoms with E-state index in [1.165, 1.54) is 18.2 Å². The number of carbonyl (C=O) groups excluding carboxylic acids is 2. The Morgan fingerprint density at radius 1 is 1.26 bits per heavy atom. The fourth-order valence-corrected chi connectivity index (χ4v) is 4.72. The Labute approximate surface area is 176 Å². The van der Waals surface area contributed by atoms with Crippen molar-refractivity contribution in [2.24, 2.45) is 5.92 Å². The molecule has 9 heteroatoms. The average Bonchev–Trinajstić information content (AvgIpc) is 3.30. The minimum atomic E-state index is -1.26. The van der Waals surface area contributed by atoms with E-state index in [1.54, 1.807) is 20.8 Å². The molecule has 4 atom stereocenters. The second kappa shape index (κ2) is 6.03. The minimum absolute atomic E-state index is 0.0125. The molecule has 0 aromatic heterocycles. The lowest BCUT2D eigenvalue weighted by Gasteiger charge is -2.29. The Morgan fingerprint density at radius 3 is 2.61 bits per heavy atom. The zero-order valence-corrected chi connectivity index (χ0v) is 16.9. The number of ketones is 1. The van der Waals surface area contributed by atoms with Crippen molar-refractivity contribution in [3.05, 3.63) is 62.3 Å². The van der Waals surface area contributed by atoms with Gasteiger partial charge in [0.2, 0.25) is 11.2 Å². The number of hydrogen-bond acceptors (Lipinski definition) is 8. The van der Waals surface area contributed by atoms with Crippen LogP contribution >= 0.6 is 0 Å². The first-order chi connectivity index (χ1) is 14.6. The van der Waals surface area contributed by atoms with Crippen LogP contribution in [-0.2, 0) is 14.3 Å². The molecule has 0 bridgehead atoms. The van der Waals surface area contributed by atoms with Gasteiger partial charge in [-0.2, -0.15) is 0 Å². The first-order valence-electron chi connectivity index (χ1n) is 9.84.